The van der Waals surface area contributed by atoms with Crippen LogP contribution in [0.5, 0.6) is 0 Å². The van der Waals surface area contributed by atoms with Gasteiger partial charge in [0.1, 0.15) is 0 Å². The second kappa shape index (κ2) is 4.86. The topological polar surface area (TPSA) is 25.4 Å². The number of pyridine rings is 1. The molecule has 94 valence electrons. The molecule has 1 saturated heterocycles. The summed E-state index contributed by atoms with van der Waals surface area (Å²) < 4.78 is 6.51. The van der Waals surface area contributed by atoms with Gasteiger partial charge in [-0.05, 0) is 31.2 Å². The molecule has 0 spiro atoms. The molecule has 1 aliphatic rings. The first kappa shape index (κ1) is 11.9. The lowest BCUT2D eigenvalue weighted by molar-refractivity contribution is 0.123. The lowest BCUT2D eigenvalue weighted by Crippen LogP contribution is -2.36. The lowest BCUT2D eigenvalue weighted by Gasteiger charge is -2.30. The fourth-order valence-corrected chi connectivity index (χ4v) is 2.74. The average molecular weight is 307 g/mol. The van der Waals surface area contributed by atoms with Crippen LogP contribution < -0.4 is 4.90 Å². The van der Waals surface area contributed by atoms with Crippen LogP contribution in [0.1, 0.15) is 5.69 Å². The van der Waals surface area contributed by atoms with Crippen molar-refractivity contribution in [3.05, 3.63) is 34.4 Å². The number of aromatic nitrogens is 1. The van der Waals surface area contributed by atoms with E-state index in [1.165, 1.54) is 11.1 Å². The highest BCUT2D eigenvalue weighted by atomic mass is 79.9. The van der Waals surface area contributed by atoms with Crippen LogP contribution in [-0.2, 0) is 4.74 Å². The van der Waals surface area contributed by atoms with Crippen molar-refractivity contribution in [1.82, 2.24) is 4.98 Å². The number of rotatable bonds is 1. The minimum Gasteiger partial charge on any atom is -0.378 e. The van der Waals surface area contributed by atoms with Gasteiger partial charge in [0.2, 0.25) is 0 Å². The maximum atomic E-state index is 5.42. The number of aryl methyl sites for hydroxylation is 1. The molecule has 0 N–H and O–H groups in total. The number of benzene rings is 1. The number of halogens is 1. The van der Waals surface area contributed by atoms with E-state index in [0.717, 1.165) is 42.0 Å². The van der Waals surface area contributed by atoms with E-state index in [-0.39, 0.29) is 0 Å². The summed E-state index contributed by atoms with van der Waals surface area (Å²) in [6, 6.07) is 8.42. The molecule has 0 bridgehead atoms. The van der Waals surface area contributed by atoms with Gasteiger partial charge >= 0.3 is 0 Å². The minimum absolute atomic E-state index is 0.802. The maximum absolute atomic E-state index is 5.42. The number of ether oxygens (including phenoxy) is 1. The molecule has 0 amide bonds. The SMILES string of the molecule is Cc1cc(N2CCOCC2)c2cc(Br)ccc2n1. The first-order valence-electron chi connectivity index (χ1n) is 6.13. The van der Waals surface area contributed by atoms with Crippen molar-refractivity contribution in [1.29, 1.82) is 0 Å². The van der Waals surface area contributed by atoms with Gasteiger partial charge in [-0.15, -0.1) is 0 Å². The Kier molecular flexibility index (Phi) is 3.22. The molecule has 2 heterocycles. The van der Waals surface area contributed by atoms with Crippen molar-refractivity contribution in [3.63, 3.8) is 0 Å². The van der Waals surface area contributed by atoms with Gasteiger partial charge in [0, 0.05) is 34.3 Å². The first-order chi connectivity index (χ1) is 8.74. The zero-order valence-electron chi connectivity index (χ0n) is 10.3. The number of anilines is 1. The molecule has 0 unspecified atom stereocenters. The summed E-state index contributed by atoms with van der Waals surface area (Å²) in [6.07, 6.45) is 0. The van der Waals surface area contributed by atoms with Crippen LogP contribution in [0.4, 0.5) is 5.69 Å². The van der Waals surface area contributed by atoms with E-state index < -0.39 is 0 Å². The van der Waals surface area contributed by atoms with E-state index in [0.29, 0.717) is 0 Å². The highest BCUT2D eigenvalue weighted by molar-refractivity contribution is 9.10. The molecule has 0 radical (unpaired) electrons. The molecule has 3 rings (SSSR count). The summed E-state index contributed by atoms with van der Waals surface area (Å²) >= 11 is 3.54. The fraction of sp³-hybridized carbons (Fsp3) is 0.357. The third-order valence-corrected chi connectivity index (χ3v) is 3.72. The van der Waals surface area contributed by atoms with Crippen molar-refractivity contribution >= 4 is 32.5 Å². The highest BCUT2D eigenvalue weighted by Gasteiger charge is 2.15. The second-order valence-corrected chi connectivity index (χ2v) is 5.46. The molecule has 2 aromatic rings. The highest BCUT2D eigenvalue weighted by Crippen LogP contribution is 2.29. The van der Waals surface area contributed by atoms with Gasteiger partial charge in [-0.25, -0.2) is 0 Å². The normalized spacial score (nSPS) is 16.2. The largest absolute Gasteiger partial charge is 0.378 e. The molecule has 0 saturated carbocycles. The predicted molar refractivity (Wildman–Crippen MR) is 77.2 cm³/mol. The van der Waals surface area contributed by atoms with E-state index in [2.05, 4.69) is 44.0 Å². The first-order valence-corrected chi connectivity index (χ1v) is 6.93. The monoisotopic (exact) mass is 306 g/mol. The Labute approximate surface area is 115 Å². The molecule has 3 nitrogen and oxygen atoms in total. The Bertz CT molecular complexity index is 579. The Hall–Kier alpha value is -1.13. The molecule has 1 aromatic carbocycles. The van der Waals surface area contributed by atoms with Crippen LogP contribution in [0.15, 0.2) is 28.7 Å². The van der Waals surface area contributed by atoms with E-state index >= 15 is 0 Å². The number of hydrogen-bond donors (Lipinski definition) is 0. The van der Waals surface area contributed by atoms with Gasteiger partial charge in [-0.2, -0.15) is 0 Å². The van der Waals surface area contributed by atoms with Crippen LogP contribution >= 0.6 is 15.9 Å². The fourth-order valence-electron chi connectivity index (χ4n) is 2.37. The van der Waals surface area contributed by atoms with Gasteiger partial charge in [0.05, 0.1) is 18.7 Å². The molecular formula is C14H15BrN2O. The number of nitrogens with zero attached hydrogens (tertiary/aromatic N) is 2. The van der Waals surface area contributed by atoms with E-state index in [9.17, 15) is 0 Å². The Balaban J connectivity index is 2.16. The summed E-state index contributed by atoms with van der Waals surface area (Å²) in [6.45, 7) is 5.55. The Morgan fingerprint density at radius 1 is 1.22 bits per heavy atom. The molecular weight excluding hydrogens is 292 g/mol. The zero-order valence-corrected chi connectivity index (χ0v) is 11.9. The van der Waals surface area contributed by atoms with Crippen molar-refractivity contribution in [2.75, 3.05) is 31.2 Å². The Morgan fingerprint density at radius 3 is 2.78 bits per heavy atom. The number of fused-ring (bicyclic) bond motifs is 1. The van der Waals surface area contributed by atoms with Gasteiger partial charge in [-0.1, -0.05) is 15.9 Å². The molecule has 1 aliphatic heterocycles. The maximum Gasteiger partial charge on any atom is 0.0726 e. The molecule has 1 aromatic heterocycles. The Morgan fingerprint density at radius 2 is 2.00 bits per heavy atom. The number of hydrogen-bond acceptors (Lipinski definition) is 3. The van der Waals surface area contributed by atoms with Gasteiger partial charge < -0.3 is 9.64 Å². The smallest absolute Gasteiger partial charge is 0.0726 e. The van der Waals surface area contributed by atoms with Crippen LogP contribution in [-0.4, -0.2) is 31.3 Å². The van der Waals surface area contributed by atoms with Crippen LogP contribution in [0.3, 0.4) is 0 Å². The van der Waals surface area contributed by atoms with Crippen molar-refractivity contribution in [2.24, 2.45) is 0 Å². The summed E-state index contributed by atoms with van der Waals surface area (Å²) in [5, 5.41) is 1.21. The average Bonchev–Trinajstić information content (AvgIpc) is 2.39. The minimum atomic E-state index is 0.802. The van der Waals surface area contributed by atoms with E-state index in [1.807, 2.05) is 13.0 Å². The molecule has 0 atom stereocenters. The zero-order chi connectivity index (χ0) is 12.5. The predicted octanol–water partition coefficient (Wildman–Crippen LogP) is 3.14. The second-order valence-electron chi connectivity index (χ2n) is 4.54. The molecule has 18 heavy (non-hydrogen) atoms. The standard InChI is InChI=1S/C14H15BrN2O/c1-10-8-14(17-4-6-18-7-5-17)12-9-11(15)2-3-13(12)16-10/h2-3,8-9H,4-7H2,1H3. The third-order valence-electron chi connectivity index (χ3n) is 3.23. The van der Waals surface area contributed by atoms with Crippen molar-refractivity contribution in [3.8, 4) is 0 Å². The van der Waals surface area contributed by atoms with Gasteiger partial charge in [-0.3, -0.25) is 4.98 Å². The van der Waals surface area contributed by atoms with Crippen LogP contribution in [0, 0.1) is 6.92 Å². The lowest BCUT2D eigenvalue weighted by atomic mass is 10.1. The van der Waals surface area contributed by atoms with Crippen LogP contribution in [0.25, 0.3) is 10.9 Å². The number of morpholine rings is 1. The molecule has 0 aliphatic carbocycles. The van der Waals surface area contributed by atoms with Crippen molar-refractivity contribution in [2.45, 2.75) is 6.92 Å². The summed E-state index contributed by atoms with van der Waals surface area (Å²) in [5.41, 5.74) is 3.38. The van der Waals surface area contributed by atoms with Crippen molar-refractivity contribution < 1.29 is 4.74 Å². The van der Waals surface area contributed by atoms with Gasteiger partial charge in [0.25, 0.3) is 0 Å². The van der Waals surface area contributed by atoms with E-state index in [1.54, 1.807) is 0 Å². The quantitative estimate of drug-likeness (QED) is 0.809. The summed E-state index contributed by atoms with van der Waals surface area (Å²) in [5.74, 6) is 0. The summed E-state index contributed by atoms with van der Waals surface area (Å²) in [7, 11) is 0. The summed E-state index contributed by atoms with van der Waals surface area (Å²) in [4.78, 5) is 6.98. The van der Waals surface area contributed by atoms with Crippen LogP contribution in [0.2, 0.25) is 0 Å². The third kappa shape index (κ3) is 2.22. The van der Waals surface area contributed by atoms with E-state index in [4.69, 9.17) is 4.74 Å². The molecule has 1 fully saturated rings. The molecule has 4 heteroatoms. The van der Waals surface area contributed by atoms with Gasteiger partial charge in [0.15, 0.2) is 0 Å².